The molecular weight excluding hydrogens is 204 g/mol. The quantitative estimate of drug-likeness (QED) is 0.769. The Hall–Kier alpha value is -0.610. The molecule has 2 aliphatic rings. The summed E-state index contributed by atoms with van der Waals surface area (Å²) in [6, 6.07) is 0. The van der Waals surface area contributed by atoms with Crippen LogP contribution in [0.5, 0.6) is 0 Å². The second kappa shape index (κ2) is 4.72. The van der Waals surface area contributed by atoms with E-state index in [1.54, 1.807) is 7.11 Å². The molecule has 2 fully saturated rings. The van der Waals surface area contributed by atoms with Crippen LogP contribution in [0.2, 0.25) is 0 Å². The molecule has 0 bridgehead atoms. The molecule has 1 atom stereocenters. The Morgan fingerprint density at radius 1 is 1.56 bits per heavy atom. The third-order valence-corrected chi connectivity index (χ3v) is 3.89. The van der Waals surface area contributed by atoms with Crippen molar-refractivity contribution in [2.45, 2.75) is 37.6 Å². The van der Waals surface area contributed by atoms with Gasteiger partial charge in [0.15, 0.2) is 0 Å². The molecule has 92 valence electrons. The molecule has 0 aromatic rings. The van der Waals surface area contributed by atoms with Crippen LogP contribution in [0.15, 0.2) is 0 Å². The molecule has 0 spiro atoms. The van der Waals surface area contributed by atoms with Crippen molar-refractivity contribution in [1.29, 1.82) is 0 Å². The highest BCUT2D eigenvalue weighted by atomic mass is 16.5. The molecule has 4 nitrogen and oxygen atoms in total. The molecular formula is C12H22N2O2. The summed E-state index contributed by atoms with van der Waals surface area (Å²) in [6.45, 7) is 2.49. The largest absolute Gasteiger partial charge is 0.384 e. The maximum atomic E-state index is 12.0. The maximum Gasteiger partial charge on any atom is 0.224 e. The second-order valence-electron chi connectivity index (χ2n) is 5.34. The number of amides is 1. The number of nitrogens with zero attached hydrogens (tertiary/aromatic N) is 1. The van der Waals surface area contributed by atoms with Gasteiger partial charge in [-0.3, -0.25) is 4.79 Å². The Bertz CT molecular complexity index is 264. The Morgan fingerprint density at radius 2 is 2.31 bits per heavy atom. The SMILES string of the molecule is COCC1CCN(C(=O)CC2(N)CCC2)C1. The zero-order valence-electron chi connectivity index (χ0n) is 10.1. The molecule has 0 aromatic heterocycles. The van der Waals surface area contributed by atoms with Crippen LogP contribution in [0, 0.1) is 5.92 Å². The van der Waals surface area contributed by atoms with Gasteiger partial charge in [0.2, 0.25) is 5.91 Å². The highest BCUT2D eigenvalue weighted by molar-refractivity contribution is 5.77. The van der Waals surface area contributed by atoms with Gasteiger partial charge >= 0.3 is 0 Å². The lowest BCUT2D eigenvalue weighted by molar-refractivity contribution is -0.132. The van der Waals surface area contributed by atoms with Crippen molar-refractivity contribution >= 4 is 5.91 Å². The average molecular weight is 226 g/mol. The van der Waals surface area contributed by atoms with E-state index in [0.717, 1.165) is 39.0 Å². The van der Waals surface area contributed by atoms with E-state index in [0.29, 0.717) is 12.3 Å². The zero-order chi connectivity index (χ0) is 11.6. The van der Waals surface area contributed by atoms with Crippen LogP contribution in [-0.4, -0.2) is 43.2 Å². The van der Waals surface area contributed by atoms with E-state index in [9.17, 15) is 4.79 Å². The minimum atomic E-state index is -0.184. The normalized spacial score (nSPS) is 27.9. The molecule has 1 aliphatic carbocycles. The van der Waals surface area contributed by atoms with E-state index in [2.05, 4.69) is 0 Å². The number of carbonyl (C=O) groups is 1. The molecule has 1 saturated heterocycles. The fourth-order valence-corrected chi connectivity index (χ4v) is 2.65. The number of ether oxygens (including phenoxy) is 1. The standard InChI is InChI=1S/C12H22N2O2/c1-16-9-10-3-6-14(8-10)11(15)7-12(13)4-2-5-12/h10H,2-9,13H2,1H3. The predicted molar refractivity (Wildman–Crippen MR) is 61.9 cm³/mol. The predicted octanol–water partition coefficient (Wildman–Crippen LogP) is 0.753. The van der Waals surface area contributed by atoms with Crippen LogP contribution >= 0.6 is 0 Å². The first-order chi connectivity index (χ1) is 7.63. The highest BCUT2D eigenvalue weighted by Gasteiger charge is 2.37. The van der Waals surface area contributed by atoms with E-state index in [1.807, 2.05) is 4.90 Å². The van der Waals surface area contributed by atoms with Crippen molar-refractivity contribution in [1.82, 2.24) is 4.90 Å². The summed E-state index contributed by atoms with van der Waals surface area (Å²) in [5.74, 6) is 0.755. The topological polar surface area (TPSA) is 55.6 Å². The third kappa shape index (κ3) is 2.55. The minimum Gasteiger partial charge on any atom is -0.384 e. The summed E-state index contributed by atoms with van der Waals surface area (Å²) in [5, 5.41) is 0. The van der Waals surface area contributed by atoms with Gasteiger partial charge in [0, 0.05) is 38.1 Å². The van der Waals surface area contributed by atoms with E-state index < -0.39 is 0 Å². The number of nitrogens with two attached hydrogens (primary N) is 1. The van der Waals surface area contributed by atoms with Crippen LogP contribution < -0.4 is 5.73 Å². The van der Waals surface area contributed by atoms with Gasteiger partial charge in [0.25, 0.3) is 0 Å². The number of hydrogen-bond donors (Lipinski definition) is 1. The molecule has 1 aliphatic heterocycles. The number of rotatable bonds is 4. The van der Waals surface area contributed by atoms with Crippen molar-refractivity contribution in [2.75, 3.05) is 26.8 Å². The van der Waals surface area contributed by atoms with E-state index in [1.165, 1.54) is 6.42 Å². The summed E-state index contributed by atoms with van der Waals surface area (Å²) in [7, 11) is 1.72. The fraction of sp³-hybridized carbons (Fsp3) is 0.917. The van der Waals surface area contributed by atoms with Gasteiger partial charge in [-0.2, -0.15) is 0 Å². The molecule has 1 amide bonds. The van der Waals surface area contributed by atoms with Gasteiger partial charge in [-0.1, -0.05) is 0 Å². The van der Waals surface area contributed by atoms with Gasteiger partial charge in [-0.05, 0) is 25.7 Å². The van der Waals surface area contributed by atoms with Gasteiger partial charge in [0.05, 0.1) is 6.61 Å². The molecule has 1 unspecified atom stereocenters. The van der Waals surface area contributed by atoms with Gasteiger partial charge in [0.1, 0.15) is 0 Å². The number of carbonyl (C=O) groups excluding carboxylic acids is 1. The van der Waals surface area contributed by atoms with Crippen LogP contribution in [0.4, 0.5) is 0 Å². The Kier molecular flexibility index (Phi) is 3.50. The monoisotopic (exact) mass is 226 g/mol. The first-order valence-corrected chi connectivity index (χ1v) is 6.18. The van der Waals surface area contributed by atoms with Crippen molar-refractivity contribution < 1.29 is 9.53 Å². The zero-order valence-corrected chi connectivity index (χ0v) is 10.1. The highest BCUT2D eigenvalue weighted by Crippen LogP contribution is 2.33. The molecule has 0 radical (unpaired) electrons. The second-order valence-corrected chi connectivity index (χ2v) is 5.34. The third-order valence-electron chi connectivity index (χ3n) is 3.89. The summed E-state index contributed by atoms with van der Waals surface area (Å²) < 4.78 is 5.12. The first kappa shape index (κ1) is 11.9. The van der Waals surface area contributed by atoms with Crippen LogP contribution in [0.25, 0.3) is 0 Å². The lowest BCUT2D eigenvalue weighted by atomic mass is 9.75. The smallest absolute Gasteiger partial charge is 0.224 e. The van der Waals surface area contributed by atoms with E-state index >= 15 is 0 Å². The number of methoxy groups -OCH3 is 1. The molecule has 4 heteroatoms. The Labute approximate surface area is 97.1 Å². The Balaban J connectivity index is 1.78. The summed E-state index contributed by atoms with van der Waals surface area (Å²) in [6.07, 6.45) is 4.79. The molecule has 2 N–H and O–H groups in total. The fourth-order valence-electron chi connectivity index (χ4n) is 2.65. The van der Waals surface area contributed by atoms with Crippen LogP contribution in [-0.2, 0) is 9.53 Å². The lowest BCUT2D eigenvalue weighted by Gasteiger charge is -2.38. The first-order valence-electron chi connectivity index (χ1n) is 6.18. The summed E-state index contributed by atoms with van der Waals surface area (Å²) in [5.41, 5.74) is 5.91. The van der Waals surface area contributed by atoms with E-state index in [4.69, 9.17) is 10.5 Å². The van der Waals surface area contributed by atoms with Crippen molar-refractivity contribution in [3.05, 3.63) is 0 Å². The molecule has 0 aromatic carbocycles. The van der Waals surface area contributed by atoms with Crippen LogP contribution in [0.1, 0.15) is 32.1 Å². The number of likely N-dealkylation sites (tertiary alicyclic amines) is 1. The molecule has 16 heavy (non-hydrogen) atoms. The average Bonchev–Trinajstić information content (AvgIpc) is 2.64. The van der Waals surface area contributed by atoms with Gasteiger partial charge in [-0.15, -0.1) is 0 Å². The van der Waals surface area contributed by atoms with Crippen molar-refractivity contribution in [3.63, 3.8) is 0 Å². The van der Waals surface area contributed by atoms with Gasteiger partial charge in [-0.25, -0.2) is 0 Å². The molecule has 1 heterocycles. The van der Waals surface area contributed by atoms with Gasteiger partial charge < -0.3 is 15.4 Å². The lowest BCUT2D eigenvalue weighted by Crippen LogP contribution is -2.50. The van der Waals surface area contributed by atoms with E-state index in [-0.39, 0.29) is 11.4 Å². The molecule has 1 saturated carbocycles. The minimum absolute atomic E-state index is 0.184. The van der Waals surface area contributed by atoms with Crippen LogP contribution in [0.3, 0.4) is 0 Å². The maximum absolute atomic E-state index is 12.0. The Morgan fingerprint density at radius 3 is 2.88 bits per heavy atom. The van der Waals surface area contributed by atoms with Crippen molar-refractivity contribution in [3.8, 4) is 0 Å². The number of hydrogen-bond acceptors (Lipinski definition) is 3. The molecule has 2 rings (SSSR count). The summed E-state index contributed by atoms with van der Waals surface area (Å²) in [4.78, 5) is 14.0. The van der Waals surface area contributed by atoms with Crippen molar-refractivity contribution in [2.24, 2.45) is 11.7 Å². The summed E-state index contributed by atoms with van der Waals surface area (Å²) >= 11 is 0.